The summed E-state index contributed by atoms with van der Waals surface area (Å²) in [6.45, 7) is 2.92. The summed E-state index contributed by atoms with van der Waals surface area (Å²) in [5.74, 6) is 0. The first-order chi connectivity index (χ1) is 13.3. The van der Waals surface area contributed by atoms with E-state index in [2.05, 4.69) is 96.1 Å². The van der Waals surface area contributed by atoms with Gasteiger partial charge in [-0.25, -0.2) is 4.98 Å². The summed E-state index contributed by atoms with van der Waals surface area (Å²) < 4.78 is 2.01. The Hall–Kier alpha value is -3.17. The van der Waals surface area contributed by atoms with Crippen LogP contribution in [-0.4, -0.2) is 9.55 Å². The van der Waals surface area contributed by atoms with E-state index < -0.39 is 0 Å². The van der Waals surface area contributed by atoms with Crippen molar-refractivity contribution in [3.8, 4) is 5.69 Å². The van der Waals surface area contributed by atoms with Crippen molar-refractivity contribution < 1.29 is 0 Å². The molecule has 4 aromatic rings. The molecular weight excluding hydrogens is 330 g/mol. The number of hydrogen-bond donors (Lipinski definition) is 1. The molecule has 0 aliphatic heterocycles. The molecule has 3 nitrogen and oxygen atoms in total. The molecule has 1 atom stereocenters. The van der Waals surface area contributed by atoms with Gasteiger partial charge in [-0.05, 0) is 35.7 Å². The van der Waals surface area contributed by atoms with Crippen LogP contribution in [-0.2, 0) is 6.54 Å². The van der Waals surface area contributed by atoms with Crippen LogP contribution < -0.4 is 5.32 Å². The molecule has 27 heavy (non-hydrogen) atoms. The van der Waals surface area contributed by atoms with Crippen molar-refractivity contribution in [2.24, 2.45) is 0 Å². The van der Waals surface area contributed by atoms with Gasteiger partial charge in [-0.15, -0.1) is 0 Å². The summed E-state index contributed by atoms with van der Waals surface area (Å²) in [6.07, 6.45) is 5.56. The highest BCUT2D eigenvalue weighted by molar-refractivity contribution is 5.36. The second-order valence-corrected chi connectivity index (χ2v) is 6.77. The van der Waals surface area contributed by atoms with Crippen molar-refractivity contribution >= 4 is 0 Å². The number of aromatic nitrogens is 2. The Morgan fingerprint density at radius 2 is 1.56 bits per heavy atom. The average Bonchev–Trinajstić information content (AvgIpc) is 3.26. The van der Waals surface area contributed by atoms with Gasteiger partial charge < -0.3 is 9.88 Å². The number of aryl methyl sites for hydroxylation is 1. The number of nitrogens with zero attached hydrogens (tertiary/aromatic N) is 2. The number of rotatable bonds is 6. The lowest BCUT2D eigenvalue weighted by molar-refractivity contribution is 0.605. The van der Waals surface area contributed by atoms with Gasteiger partial charge >= 0.3 is 0 Å². The summed E-state index contributed by atoms with van der Waals surface area (Å²) in [6, 6.07) is 28.1. The van der Waals surface area contributed by atoms with Gasteiger partial charge in [0.05, 0.1) is 12.4 Å². The van der Waals surface area contributed by atoms with Crippen LogP contribution in [0, 0.1) is 6.92 Å². The number of nitrogens with one attached hydrogen (secondary N) is 1. The van der Waals surface area contributed by atoms with Gasteiger partial charge in [0.25, 0.3) is 0 Å². The first kappa shape index (κ1) is 17.3. The second kappa shape index (κ2) is 8.02. The normalized spacial score (nSPS) is 12.0. The Labute approximate surface area is 160 Å². The third-order valence-electron chi connectivity index (χ3n) is 4.79. The molecule has 0 spiro atoms. The molecule has 0 bridgehead atoms. The van der Waals surface area contributed by atoms with Crippen LogP contribution in [0.1, 0.15) is 28.3 Å². The molecule has 3 heteroatoms. The minimum Gasteiger partial charge on any atom is -0.306 e. The van der Waals surface area contributed by atoms with Crippen LogP contribution in [0.2, 0.25) is 0 Å². The van der Waals surface area contributed by atoms with E-state index in [9.17, 15) is 0 Å². The third kappa shape index (κ3) is 4.15. The lowest BCUT2D eigenvalue weighted by Gasteiger charge is -2.20. The first-order valence-electron chi connectivity index (χ1n) is 9.22. The molecule has 0 aliphatic rings. The smallest absolute Gasteiger partial charge is 0.0991 e. The van der Waals surface area contributed by atoms with E-state index >= 15 is 0 Å². The van der Waals surface area contributed by atoms with Crippen molar-refractivity contribution in [2.45, 2.75) is 19.5 Å². The highest BCUT2D eigenvalue weighted by atomic mass is 15.0. The highest BCUT2D eigenvalue weighted by Crippen LogP contribution is 2.23. The fraction of sp³-hybridized carbons (Fsp3) is 0.125. The molecule has 4 rings (SSSR count). The Morgan fingerprint density at radius 1 is 0.852 bits per heavy atom. The van der Waals surface area contributed by atoms with Gasteiger partial charge in [0.1, 0.15) is 0 Å². The zero-order valence-electron chi connectivity index (χ0n) is 15.4. The Kier molecular flexibility index (Phi) is 5.13. The van der Waals surface area contributed by atoms with Gasteiger partial charge in [-0.1, -0.05) is 72.3 Å². The molecule has 1 unspecified atom stereocenters. The Morgan fingerprint density at radius 3 is 2.22 bits per heavy atom. The minimum atomic E-state index is 0.167. The van der Waals surface area contributed by atoms with E-state index in [-0.39, 0.29) is 6.04 Å². The summed E-state index contributed by atoms with van der Waals surface area (Å²) in [4.78, 5) is 4.10. The first-order valence-corrected chi connectivity index (χ1v) is 9.22. The fourth-order valence-corrected chi connectivity index (χ4v) is 3.25. The van der Waals surface area contributed by atoms with Crippen LogP contribution in [0.3, 0.4) is 0 Å². The summed E-state index contributed by atoms with van der Waals surface area (Å²) in [5.41, 5.74) is 6.21. The zero-order chi connectivity index (χ0) is 18.5. The largest absolute Gasteiger partial charge is 0.306 e. The fourth-order valence-electron chi connectivity index (χ4n) is 3.25. The van der Waals surface area contributed by atoms with Crippen LogP contribution in [0.5, 0.6) is 0 Å². The van der Waals surface area contributed by atoms with Crippen LogP contribution in [0.15, 0.2) is 97.6 Å². The molecule has 134 valence electrons. The molecule has 1 heterocycles. The topological polar surface area (TPSA) is 29.9 Å². The van der Waals surface area contributed by atoms with Crippen LogP contribution in [0.25, 0.3) is 5.69 Å². The van der Waals surface area contributed by atoms with E-state index in [0.29, 0.717) is 0 Å². The highest BCUT2D eigenvalue weighted by Gasteiger charge is 2.13. The van der Waals surface area contributed by atoms with E-state index in [0.717, 1.165) is 12.2 Å². The van der Waals surface area contributed by atoms with Gasteiger partial charge in [0.2, 0.25) is 0 Å². The third-order valence-corrected chi connectivity index (χ3v) is 4.79. The van der Waals surface area contributed by atoms with Crippen molar-refractivity contribution in [3.05, 3.63) is 120 Å². The monoisotopic (exact) mass is 353 g/mol. The molecule has 3 aromatic carbocycles. The molecule has 1 N–H and O–H groups in total. The number of benzene rings is 3. The van der Waals surface area contributed by atoms with Crippen molar-refractivity contribution in [1.82, 2.24) is 14.9 Å². The molecule has 0 radical (unpaired) electrons. The average molecular weight is 353 g/mol. The van der Waals surface area contributed by atoms with Crippen LogP contribution in [0.4, 0.5) is 0 Å². The number of hydrogen-bond acceptors (Lipinski definition) is 2. The van der Waals surface area contributed by atoms with E-state index in [4.69, 9.17) is 0 Å². The second-order valence-electron chi connectivity index (χ2n) is 6.77. The maximum absolute atomic E-state index is 4.10. The minimum absolute atomic E-state index is 0.167. The van der Waals surface area contributed by atoms with E-state index in [1.807, 2.05) is 17.1 Å². The van der Waals surface area contributed by atoms with Gasteiger partial charge in [-0.2, -0.15) is 0 Å². The van der Waals surface area contributed by atoms with E-state index in [1.54, 1.807) is 6.20 Å². The summed E-state index contributed by atoms with van der Waals surface area (Å²) in [5, 5.41) is 3.72. The van der Waals surface area contributed by atoms with Crippen LogP contribution >= 0.6 is 0 Å². The predicted octanol–water partition coefficient (Wildman–Crippen LogP) is 5.06. The molecule has 0 saturated heterocycles. The van der Waals surface area contributed by atoms with Gasteiger partial charge in [0, 0.05) is 24.6 Å². The predicted molar refractivity (Wildman–Crippen MR) is 110 cm³/mol. The maximum Gasteiger partial charge on any atom is 0.0991 e. The SMILES string of the molecule is Cc1ccc(C(NCc2ccc(-n3ccnc3)cc2)c2ccccc2)cc1. The molecule has 1 aromatic heterocycles. The Bertz CT molecular complexity index is 957. The molecule has 0 amide bonds. The molecule has 0 aliphatic carbocycles. The molecular formula is C24H23N3. The van der Waals surface area contributed by atoms with E-state index in [1.165, 1.54) is 22.3 Å². The number of imidazole rings is 1. The summed E-state index contributed by atoms with van der Waals surface area (Å²) in [7, 11) is 0. The zero-order valence-corrected chi connectivity index (χ0v) is 15.4. The van der Waals surface area contributed by atoms with Crippen molar-refractivity contribution in [3.63, 3.8) is 0 Å². The van der Waals surface area contributed by atoms with Gasteiger partial charge in [0.15, 0.2) is 0 Å². The van der Waals surface area contributed by atoms with Gasteiger partial charge in [-0.3, -0.25) is 0 Å². The molecule has 0 saturated carbocycles. The lowest BCUT2D eigenvalue weighted by atomic mass is 9.97. The summed E-state index contributed by atoms with van der Waals surface area (Å²) >= 11 is 0. The standard InChI is InChI=1S/C24H23N3/c1-19-7-11-22(12-8-19)24(21-5-3-2-4-6-21)26-17-20-9-13-23(14-10-20)27-16-15-25-18-27/h2-16,18,24,26H,17H2,1H3. The van der Waals surface area contributed by atoms with Crippen molar-refractivity contribution in [2.75, 3.05) is 0 Å². The lowest BCUT2D eigenvalue weighted by Crippen LogP contribution is -2.22. The Balaban J connectivity index is 1.52. The van der Waals surface area contributed by atoms with Crippen molar-refractivity contribution in [1.29, 1.82) is 0 Å². The molecule has 0 fully saturated rings. The maximum atomic E-state index is 4.10. The quantitative estimate of drug-likeness (QED) is 0.525.